The van der Waals surface area contributed by atoms with Gasteiger partial charge in [0.2, 0.25) is 31.5 Å². The lowest BCUT2D eigenvalue weighted by Crippen LogP contribution is -2.28. The second kappa shape index (κ2) is 52.6. The maximum absolute atomic E-state index is 12.3. The third-order valence-corrected chi connectivity index (χ3v) is 22.8. The predicted octanol–water partition coefficient (Wildman–Crippen LogP) is 24.6. The molecule has 0 saturated carbocycles. The fourth-order valence-corrected chi connectivity index (χ4v) is 14.8. The van der Waals surface area contributed by atoms with E-state index in [9.17, 15) is 50.3 Å². The first kappa shape index (κ1) is 121. The van der Waals surface area contributed by atoms with Crippen LogP contribution in [0.15, 0.2) is 152 Å². The zero-order valence-electron chi connectivity index (χ0n) is 93.9. The molecule has 30 heteroatoms. The minimum absolute atomic E-state index is 0.00318. The molecule has 0 bridgehead atoms. The second-order valence-electron chi connectivity index (χ2n) is 42.6. The third kappa shape index (κ3) is 35.2. The van der Waals surface area contributed by atoms with Crippen molar-refractivity contribution in [2.45, 2.75) is 306 Å². The number of benzene rings is 5. The fourth-order valence-electron chi connectivity index (χ4n) is 14.8. The van der Waals surface area contributed by atoms with Crippen molar-refractivity contribution in [2.24, 2.45) is 46.6 Å². The van der Waals surface area contributed by atoms with Gasteiger partial charge in [0.25, 0.3) is 0 Å². The van der Waals surface area contributed by atoms with Crippen LogP contribution in [0.5, 0.6) is 0 Å². The van der Waals surface area contributed by atoms with E-state index in [1.807, 2.05) is 193 Å². The van der Waals surface area contributed by atoms with Crippen molar-refractivity contribution in [3.63, 3.8) is 0 Å². The minimum Gasteiger partial charge on any atom is -0.451 e. The topological polar surface area (TPSA) is 386 Å². The average molecular weight is 2020 g/mol. The van der Waals surface area contributed by atoms with Gasteiger partial charge in [0.15, 0.2) is 28.8 Å². The number of aryl methyl sites for hydroxylation is 10. The summed E-state index contributed by atoms with van der Waals surface area (Å²) in [6.45, 7) is 63.4. The van der Waals surface area contributed by atoms with Crippen molar-refractivity contribution in [3.8, 4) is 30.3 Å². The predicted molar refractivity (Wildman–Crippen MR) is 576 cm³/mol. The van der Waals surface area contributed by atoms with E-state index < -0.39 is 42.8 Å². The van der Waals surface area contributed by atoms with E-state index in [0.29, 0.717) is 98.0 Å². The summed E-state index contributed by atoms with van der Waals surface area (Å²) in [5.74, 6) is -0.547. The SMILES string of the molecule is CC(=O)OC(C)O/C(=C(/C#N)c1ccc(C(C)(C)C)cc1)c1cc(C)nn1C.CCC(=O)OC(C)O/C(=C(/C#N)c1ccc(C(C)(C)C)cc1)c1cc(C)nn1C.CCCC(=O)OC(C)O/C(=C(/C#N)c1ccc(C(C)(C)C)cc1)c1cc(C)nn1C.Cc1cc(/C(OC(C)OC(=O)C(C)(C)C)=C(\C#N)c2ccc(C(C)(C)C)cc2)n(C)n1.Cc1cc(/C(OC(C)OC(=O)C(C)C)=C(\C#N)c2ccc(C(C)(C)C)cc2)n(C)n1. The molecule has 0 fully saturated rings. The third-order valence-electron chi connectivity index (χ3n) is 22.8. The van der Waals surface area contributed by atoms with Crippen LogP contribution in [0.1, 0.15) is 326 Å². The quantitative estimate of drug-likeness (QED) is 0.0138. The van der Waals surface area contributed by atoms with Gasteiger partial charge in [0.1, 0.15) is 86.7 Å². The maximum atomic E-state index is 12.3. The number of nitrogens with zero attached hydrogens (tertiary/aromatic N) is 15. The zero-order chi connectivity index (χ0) is 111. The number of ether oxygens (including phenoxy) is 10. The molecule has 148 heavy (non-hydrogen) atoms. The number of esters is 5. The normalized spacial score (nSPS) is 13.4. The van der Waals surface area contributed by atoms with Crippen LogP contribution in [-0.2, 0) is 134 Å². The van der Waals surface area contributed by atoms with Crippen LogP contribution in [0.2, 0.25) is 0 Å². The molecule has 5 heterocycles. The molecule has 0 spiro atoms. The molecule has 0 aliphatic rings. The smallest absolute Gasteiger partial charge is 0.314 e. The number of hydrogen-bond donors (Lipinski definition) is 0. The number of carbonyl (C=O) groups excluding carboxylic acids is 5. The molecule has 0 radical (unpaired) electrons. The number of nitriles is 5. The number of carbonyl (C=O) groups is 5. The monoisotopic (exact) mass is 2020 g/mol. The minimum atomic E-state index is -0.880. The highest BCUT2D eigenvalue weighted by molar-refractivity contribution is 5.98. The van der Waals surface area contributed by atoms with Gasteiger partial charge in [-0.25, -0.2) is 0 Å². The van der Waals surface area contributed by atoms with E-state index in [2.05, 4.69) is 160 Å². The number of aromatic nitrogens is 10. The Morgan fingerprint density at radius 1 is 0.297 bits per heavy atom. The number of hydrogen-bond acceptors (Lipinski definition) is 25. The Hall–Kier alpha value is -15.4. The van der Waals surface area contributed by atoms with Crippen LogP contribution in [0, 0.1) is 103 Å². The summed E-state index contributed by atoms with van der Waals surface area (Å²) in [7, 11) is 8.92. The number of allylic oxidation sites excluding steroid dienone is 5. The maximum Gasteiger partial charge on any atom is 0.314 e. The molecule has 788 valence electrons. The van der Waals surface area contributed by atoms with Gasteiger partial charge < -0.3 is 47.4 Å². The second-order valence-corrected chi connectivity index (χ2v) is 42.6. The molecule has 5 aromatic carbocycles. The van der Waals surface area contributed by atoms with Gasteiger partial charge in [-0.05, 0) is 175 Å². The highest BCUT2D eigenvalue weighted by Gasteiger charge is 2.33. The van der Waals surface area contributed by atoms with Crippen LogP contribution < -0.4 is 0 Å². The van der Waals surface area contributed by atoms with E-state index in [4.69, 9.17) is 47.4 Å². The van der Waals surface area contributed by atoms with Crippen molar-refractivity contribution in [3.05, 3.63) is 264 Å². The lowest BCUT2D eigenvalue weighted by Gasteiger charge is -2.23. The van der Waals surface area contributed by atoms with Crippen molar-refractivity contribution in [2.75, 3.05) is 0 Å². The van der Waals surface area contributed by atoms with E-state index >= 15 is 0 Å². The summed E-state index contributed by atoms with van der Waals surface area (Å²) < 4.78 is 64.8. The van der Waals surface area contributed by atoms with E-state index in [0.717, 1.165) is 56.3 Å². The Labute approximate surface area is 875 Å². The molecule has 10 rings (SSSR count). The molecular weight excluding hydrogens is 1870 g/mol. The van der Waals surface area contributed by atoms with Crippen molar-refractivity contribution >= 4 is 86.5 Å². The van der Waals surface area contributed by atoms with Gasteiger partial charge in [-0.1, -0.05) is 253 Å². The van der Waals surface area contributed by atoms with Crippen LogP contribution in [0.4, 0.5) is 0 Å². The summed E-state index contributed by atoms with van der Waals surface area (Å²) in [5, 5.41) is 71.7. The molecule has 0 aliphatic carbocycles. The molecular formula is C118H151N15O15. The van der Waals surface area contributed by atoms with Gasteiger partial charge in [0.05, 0.1) is 39.8 Å². The Morgan fingerprint density at radius 2 is 0.493 bits per heavy atom. The molecule has 0 amide bonds. The van der Waals surface area contributed by atoms with Gasteiger partial charge in [0, 0.05) is 89.6 Å². The van der Waals surface area contributed by atoms with E-state index in [-0.39, 0.29) is 63.3 Å². The van der Waals surface area contributed by atoms with Crippen LogP contribution in [0.3, 0.4) is 0 Å². The first-order valence-electron chi connectivity index (χ1n) is 49.5. The fraction of sp³-hybridized carbons (Fsp3) is 0.449. The Kier molecular flexibility index (Phi) is 43.1. The summed E-state index contributed by atoms with van der Waals surface area (Å²) >= 11 is 0. The molecule has 5 unspecified atom stereocenters. The summed E-state index contributed by atoms with van der Waals surface area (Å²) in [4.78, 5) is 59.1. The molecule has 5 atom stereocenters. The van der Waals surface area contributed by atoms with E-state index in [1.54, 1.807) is 135 Å². The molecule has 30 nitrogen and oxygen atoms in total. The lowest BCUT2D eigenvalue weighted by atomic mass is 9.86. The molecule has 5 aromatic heterocycles. The lowest BCUT2D eigenvalue weighted by molar-refractivity contribution is -0.174. The highest BCUT2D eigenvalue weighted by Crippen LogP contribution is 2.39. The van der Waals surface area contributed by atoms with Crippen molar-refractivity contribution < 1.29 is 71.3 Å². The van der Waals surface area contributed by atoms with E-state index in [1.165, 1.54) is 34.7 Å². The first-order valence-corrected chi connectivity index (χ1v) is 49.5. The Morgan fingerprint density at radius 3 is 0.655 bits per heavy atom. The summed E-state index contributed by atoms with van der Waals surface area (Å²) in [6, 6.07) is 59.8. The van der Waals surface area contributed by atoms with Gasteiger partial charge in [-0.2, -0.15) is 51.8 Å². The van der Waals surface area contributed by atoms with Crippen molar-refractivity contribution in [1.29, 1.82) is 26.3 Å². The van der Waals surface area contributed by atoms with Crippen LogP contribution >= 0.6 is 0 Å². The highest BCUT2D eigenvalue weighted by atomic mass is 16.7. The van der Waals surface area contributed by atoms with Crippen molar-refractivity contribution in [1.82, 2.24) is 48.9 Å². The first-order chi connectivity index (χ1) is 68.8. The standard InChI is InChI=1S/C25H33N3O3.2C24H31N3O3.C23H29N3O3.C22H27N3O3/c1-16-14-21(28(9)27-16)22(30-17(2)31-23(29)25(6,7)8)20(15-26)18-10-12-19(13-11-18)24(3,4)5;1-15(2)23(28)30-17(4)29-22(21-13-16(3)26-27(21)8)20(14-25)18-9-11-19(12-10-18)24(5,6)7;1-8-9-22(28)29-17(3)30-23(21-14-16(2)26-27(21)7)20(15-25)18-10-12-19(13-11-18)24(4,5)6;1-8-21(27)28-16(3)29-22(20-13-15(2)25-26(20)7)19(14-24)17-9-11-18(12-10-17)23(4,5)6;1-14-12-20(25(7)24-14)21(28-16(3)27-15(2)26)19(13-23)17-8-10-18(11-9-17)22(4,5)6/h10-14,17H,1-9H3;9-13,15,17H,1-8H3;10-14,17H,8-9H2,1-7H3;9-13,16H,8H2,1-7H3;8-12,16H,1-7H3/b2*22-20-;23-20-;22-19-;21-19-. The largest absolute Gasteiger partial charge is 0.451 e. The van der Waals surface area contributed by atoms with Crippen LogP contribution in [0.25, 0.3) is 56.7 Å². The van der Waals surface area contributed by atoms with Crippen LogP contribution in [-0.4, -0.2) is 110 Å². The zero-order valence-corrected chi connectivity index (χ0v) is 93.9. The van der Waals surface area contributed by atoms with Gasteiger partial charge in [-0.15, -0.1) is 0 Å². The molecule has 0 N–H and O–H groups in total. The summed E-state index contributed by atoms with van der Waals surface area (Å²) in [5.41, 5.74) is 17.7. The van der Waals surface area contributed by atoms with Gasteiger partial charge in [-0.3, -0.25) is 47.4 Å². The summed E-state index contributed by atoms with van der Waals surface area (Å²) in [6.07, 6.45) is -3.01. The Balaban J connectivity index is 0.000000283. The average Bonchev–Trinajstić information content (AvgIpc) is 1.60. The Bertz CT molecular complexity index is 6670. The van der Waals surface area contributed by atoms with Gasteiger partial charge >= 0.3 is 29.8 Å². The molecule has 0 saturated heterocycles. The molecule has 0 aliphatic heterocycles. The number of rotatable bonds is 29. The molecule has 10 aromatic rings.